The van der Waals surface area contributed by atoms with Crippen molar-refractivity contribution in [3.05, 3.63) is 60.2 Å². The van der Waals surface area contributed by atoms with Crippen molar-refractivity contribution in [2.24, 2.45) is 5.73 Å². The summed E-state index contributed by atoms with van der Waals surface area (Å²) >= 11 is 0. The number of nitrogens with two attached hydrogens (primary N) is 1. The van der Waals surface area contributed by atoms with Crippen LogP contribution in [0.15, 0.2) is 54.6 Å². The molecular weight excluding hydrogens is 270 g/mol. The molecule has 0 aliphatic carbocycles. The maximum atomic E-state index is 11.7. The summed E-state index contributed by atoms with van der Waals surface area (Å²) in [5.41, 5.74) is 7.00. The van der Waals surface area contributed by atoms with Crippen molar-refractivity contribution >= 4 is 17.6 Å². The fourth-order valence-electron chi connectivity index (χ4n) is 1.66. The third-order valence-electron chi connectivity index (χ3n) is 2.68. The number of carbonyl (C=O) groups is 1. The molecule has 4 N–H and O–H groups in total. The van der Waals surface area contributed by atoms with Gasteiger partial charge in [0.2, 0.25) is 0 Å². The van der Waals surface area contributed by atoms with Crippen molar-refractivity contribution < 1.29 is 19.5 Å². The molecule has 2 aromatic rings. The van der Waals surface area contributed by atoms with E-state index in [0.717, 1.165) is 5.56 Å². The normalized spacial score (nSPS) is 10.8. The van der Waals surface area contributed by atoms with Crippen molar-refractivity contribution in [2.75, 3.05) is 12.4 Å². The molecule has 21 heavy (non-hydrogen) atoms. The number of methoxy groups -OCH3 is 1. The summed E-state index contributed by atoms with van der Waals surface area (Å²) in [4.78, 5) is 16.5. The summed E-state index contributed by atoms with van der Waals surface area (Å²) in [5, 5.41) is 4.95. The van der Waals surface area contributed by atoms with E-state index >= 15 is 0 Å². The van der Waals surface area contributed by atoms with Crippen LogP contribution in [0.3, 0.4) is 0 Å². The lowest BCUT2D eigenvalue weighted by atomic mass is 10.2. The number of carbonyl (C=O) groups excluding carboxylic acids is 1. The summed E-state index contributed by atoms with van der Waals surface area (Å²) in [6.45, 7) is 0. The molecule has 0 aliphatic rings. The van der Waals surface area contributed by atoms with E-state index in [0.29, 0.717) is 11.4 Å². The smallest absolute Gasteiger partial charge is 0.456 e. The Kier molecular flexibility index (Phi) is 4.76. The number of amidine groups is 1. The second kappa shape index (κ2) is 6.95. The van der Waals surface area contributed by atoms with Crippen LogP contribution in [0.5, 0.6) is 5.75 Å². The monoisotopic (exact) mass is 286 g/mol. The minimum atomic E-state index is -0.696. The lowest BCUT2D eigenvalue weighted by Gasteiger charge is -2.07. The molecular formula is C15H16N3O3+. The van der Waals surface area contributed by atoms with Crippen LogP contribution in [-0.2, 0) is 4.84 Å². The van der Waals surface area contributed by atoms with Crippen LogP contribution >= 0.6 is 0 Å². The van der Waals surface area contributed by atoms with Gasteiger partial charge in [0.25, 0.3) is 0 Å². The standard InChI is InChI=1S/C15H15N3O3/c1-20-13-10-6-5-9-12(13)17-15(19)21-18-14(16)11-7-3-2-4-8-11/h2-10H,1H3,(H2,16,18)(H,17,19)/p+1. The predicted molar refractivity (Wildman–Crippen MR) is 78.8 cm³/mol. The van der Waals surface area contributed by atoms with Gasteiger partial charge in [-0.05, 0) is 24.3 Å². The van der Waals surface area contributed by atoms with E-state index in [1.54, 1.807) is 36.4 Å². The largest absolute Gasteiger partial charge is 0.495 e. The number of hydrogen-bond acceptors (Lipinski definition) is 3. The molecule has 0 radical (unpaired) electrons. The van der Waals surface area contributed by atoms with E-state index in [1.165, 1.54) is 7.11 Å². The summed E-state index contributed by atoms with van der Waals surface area (Å²) in [6.07, 6.45) is -0.696. The van der Waals surface area contributed by atoms with Crippen LogP contribution in [0, 0.1) is 0 Å². The number of hydrogen-bond donors (Lipinski definition) is 3. The quantitative estimate of drug-likeness (QED) is 0.333. The molecule has 0 fully saturated rings. The van der Waals surface area contributed by atoms with E-state index in [2.05, 4.69) is 10.5 Å². The molecule has 0 spiro atoms. The number of amides is 1. The molecule has 0 saturated carbocycles. The third kappa shape index (κ3) is 3.97. The lowest BCUT2D eigenvalue weighted by Crippen LogP contribution is -2.76. The number of nitrogens with one attached hydrogen (secondary N) is 2. The number of para-hydroxylation sites is 2. The zero-order valence-corrected chi connectivity index (χ0v) is 11.5. The van der Waals surface area contributed by atoms with Crippen molar-refractivity contribution in [3.8, 4) is 5.75 Å². The number of rotatable bonds is 4. The van der Waals surface area contributed by atoms with Crippen molar-refractivity contribution in [1.82, 2.24) is 0 Å². The zero-order valence-electron chi connectivity index (χ0n) is 11.5. The Balaban J connectivity index is 1.99. The molecule has 108 valence electrons. The number of nitrogen functional groups attached to an aromatic ring is 1. The van der Waals surface area contributed by atoms with Crippen LogP contribution < -0.4 is 20.9 Å². The maximum Gasteiger partial charge on any atom is 0.456 e. The van der Waals surface area contributed by atoms with Gasteiger partial charge >= 0.3 is 11.9 Å². The van der Waals surface area contributed by atoms with E-state index in [-0.39, 0.29) is 5.84 Å². The average molecular weight is 286 g/mol. The molecule has 0 bridgehead atoms. The van der Waals surface area contributed by atoms with E-state index in [9.17, 15) is 4.79 Å². The molecule has 6 nitrogen and oxygen atoms in total. The van der Waals surface area contributed by atoms with Crippen LogP contribution in [0.4, 0.5) is 10.5 Å². The molecule has 0 aliphatic heterocycles. The highest BCUT2D eigenvalue weighted by Crippen LogP contribution is 2.22. The van der Waals surface area contributed by atoms with Crippen LogP contribution in [0.2, 0.25) is 0 Å². The van der Waals surface area contributed by atoms with E-state index in [4.69, 9.17) is 15.3 Å². The van der Waals surface area contributed by atoms with Gasteiger partial charge in [-0.25, -0.2) is 9.63 Å². The average Bonchev–Trinajstić information content (AvgIpc) is 2.54. The van der Waals surface area contributed by atoms with Gasteiger partial charge in [0.15, 0.2) is 0 Å². The minimum absolute atomic E-state index is 0.241. The first-order valence-electron chi connectivity index (χ1n) is 6.25. The van der Waals surface area contributed by atoms with Gasteiger partial charge in [0.1, 0.15) is 5.75 Å². The Morgan fingerprint density at radius 3 is 2.48 bits per heavy atom. The highest BCUT2D eigenvalue weighted by atomic mass is 16.7. The molecule has 0 aromatic heterocycles. The van der Waals surface area contributed by atoms with Gasteiger partial charge < -0.3 is 4.74 Å². The minimum Gasteiger partial charge on any atom is -0.495 e. The van der Waals surface area contributed by atoms with Crippen LogP contribution in [-0.4, -0.2) is 19.0 Å². The SMILES string of the molecule is COc1ccccc1NC(=O)O[NH+]=C(N)c1ccccc1. The Morgan fingerprint density at radius 1 is 1.10 bits per heavy atom. The summed E-state index contributed by atoms with van der Waals surface area (Å²) < 4.78 is 5.12. The molecule has 1 amide bonds. The van der Waals surface area contributed by atoms with Gasteiger partial charge in [-0.1, -0.05) is 35.5 Å². The summed E-state index contributed by atoms with van der Waals surface area (Å²) in [6, 6.07) is 16.1. The predicted octanol–water partition coefficient (Wildman–Crippen LogP) is 0.645. The second-order valence-corrected chi connectivity index (χ2v) is 4.10. The molecule has 2 aromatic carbocycles. The van der Waals surface area contributed by atoms with E-state index in [1.807, 2.05) is 18.2 Å². The Labute approximate surface area is 122 Å². The summed E-state index contributed by atoms with van der Waals surface area (Å²) in [5.74, 6) is 0.778. The topological polar surface area (TPSA) is 87.5 Å². The van der Waals surface area contributed by atoms with Gasteiger partial charge in [-0.3, -0.25) is 11.1 Å². The third-order valence-corrected chi connectivity index (χ3v) is 2.68. The Bertz CT molecular complexity index is 642. The Morgan fingerprint density at radius 2 is 1.76 bits per heavy atom. The van der Waals surface area contributed by atoms with Crippen LogP contribution in [0.25, 0.3) is 0 Å². The van der Waals surface area contributed by atoms with Crippen molar-refractivity contribution in [2.45, 2.75) is 0 Å². The number of benzene rings is 2. The van der Waals surface area contributed by atoms with Crippen molar-refractivity contribution in [1.29, 1.82) is 0 Å². The molecule has 0 unspecified atom stereocenters. The zero-order chi connectivity index (χ0) is 15.1. The maximum absolute atomic E-state index is 11.7. The van der Waals surface area contributed by atoms with Crippen molar-refractivity contribution in [3.63, 3.8) is 0 Å². The van der Waals surface area contributed by atoms with Gasteiger partial charge in [0.05, 0.1) is 18.4 Å². The fourth-order valence-corrected chi connectivity index (χ4v) is 1.66. The van der Waals surface area contributed by atoms with Crippen LogP contribution in [0.1, 0.15) is 5.56 Å². The molecule has 2 rings (SSSR count). The summed E-state index contributed by atoms with van der Waals surface area (Å²) in [7, 11) is 1.52. The number of anilines is 1. The van der Waals surface area contributed by atoms with Gasteiger partial charge in [-0.15, -0.1) is 0 Å². The first-order valence-corrected chi connectivity index (χ1v) is 6.25. The first kappa shape index (κ1) is 14.4. The lowest BCUT2D eigenvalue weighted by molar-refractivity contribution is -0.720. The molecule has 0 atom stereocenters. The first-order chi connectivity index (χ1) is 10.2. The van der Waals surface area contributed by atoms with E-state index < -0.39 is 6.09 Å². The highest BCUT2D eigenvalue weighted by Gasteiger charge is 2.10. The second-order valence-electron chi connectivity index (χ2n) is 4.10. The molecule has 0 saturated heterocycles. The van der Waals surface area contributed by atoms with Gasteiger partial charge in [-0.2, -0.15) is 0 Å². The van der Waals surface area contributed by atoms with Gasteiger partial charge in [0, 0.05) is 0 Å². The fraction of sp³-hybridized carbons (Fsp3) is 0.0667. The number of ether oxygens (including phenoxy) is 1. The molecule has 0 heterocycles. The Hall–Kier alpha value is -3.02. The molecule has 6 heteroatoms. The highest BCUT2D eigenvalue weighted by molar-refractivity contribution is 5.93.